The predicted molar refractivity (Wildman–Crippen MR) is 144 cm³/mol. The molecule has 1 fully saturated rings. The number of benzene rings is 2. The summed E-state index contributed by atoms with van der Waals surface area (Å²) in [6.07, 6.45) is 3.84. The summed E-state index contributed by atoms with van der Waals surface area (Å²) in [4.78, 5) is 26.8. The summed E-state index contributed by atoms with van der Waals surface area (Å²) in [5.74, 6) is 1.92. The van der Waals surface area contributed by atoms with E-state index in [1.165, 1.54) is 12.1 Å². The molecule has 37 heavy (non-hydrogen) atoms. The summed E-state index contributed by atoms with van der Waals surface area (Å²) in [5.41, 5.74) is 2.41. The van der Waals surface area contributed by atoms with Crippen LogP contribution in [0.4, 0.5) is 10.2 Å². The van der Waals surface area contributed by atoms with Crippen molar-refractivity contribution >= 4 is 34.4 Å². The zero-order chi connectivity index (χ0) is 25.9. The Balaban J connectivity index is 1.39. The molecule has 0 unspecified atom stereocenters. The number of carbonyl (C=O) groups is 1. The van der Waals surface area contributed by atoms with Crippen molar-refractivity contribution in [3.8, 4) is 5.69 Å². The molecule has 2 aromatic heterocycles. The van der Waals surface area contributed by atoms with E-state index in [4.69, 9.17) is 21.6 Å². The van der Waals surface area contributed by atoms with Crippen LogP contribution in [0.15, 0.2) is 54.7 Å². The van der Waals surface area contributed by atoms with Crippen LogP contribution >= 0.6 is 11.6 Å². The zero-order valence-corrected chi connectivity index (χ0v) is 21.8. The van der Waals surface area contributed by atoms with Crippen LogP contribution < -0.4 is 4.90 Å². The van der Waals surface area contributed by atoms with Gasteiger partial charge in [-0.05, 0) is 48.2 Å². The van der Waals surface area contributed by atoms with Gasteiger partial charge in [-0.2, -0.15) is 5.10 Å². The first-order valence-corrected chi connectivity index (χ1v) is 13.0. The Hall–Kier alpha value is -3.52. The molecule has 192 valence electrons. The Morgan fingerprint density at radius 1 is 1.05 bits per heavy atom. The molecule has 9 heteroatoms. The summed E-state index contributed by atoms with van der Waals surface area (Å²) < 4.78 is 15.0. The van der Waals surface area contributed by atoms with Gasteiger partial charge in [0.25, 0.3) is 0 Å². The van der Waals surface area contributed by atoms with Crippen molar-refractivity contribution in [3.63, 3.8) is 0 Å². The number of piperazine rings is 1. The molecule has 0 bridgehead atoms. The molecule has 0 saturated carbocycles. The Kier molecular flexibility index (Phi) is 7.37. The molecule has 1 amide bonds. The van der Waals surface area contributed by atoms with E-state index in [1.54, 1.807) is 12.1 Å². The second-order valence-electron chi connectivity index (χ2n) is 9.84. The van der Waals surface area contributed by atoms with Gasteiger partial charge < -0.3 is 9.80 Å². The molecule has 1 aliphatic heterocycles. The van der Waals surface area contributed by atoms with E-state index in [-0.39, 0.29) is 18.1 Å². The predicted octanol–water partition coefficient (Wildman–Crippen LogP) is 5.09. The fourth-order valence-electron chi connectivity index (χ4n) is 4.56. The van der Waals surface area contributed by atoms with E-state index in [1.807, 2.05) is 40.0 Å². The van der Waals surface area contributed by atoms with Crippen LogP contribution in [0, 0.1) is 11.7 Å². The lowest BCUT2D eigenvalue weighted by Crippen LogP contribution is -2.49. The molecule has 5 rings (SSSR count). The first-order valence-electron chi connectivity index (χ1n) is 12.6. The number of anilines is 1. The molecule has 0 radical (unpaired) electrons. The Labute approximate surface area is 220 Å². The number of amides is 1. The third-order valence-electron chi connectivity index (χ3n) is 6.65. The van der Waals surface area contributed by atoms with Gasteiger partial charge in [0.2, 0.25) is 5.91 Å². The fourth-order valence-corrected chi connectivity index (χ4v) is 4.75. The van der Waals surface area contributed by atoms with Crippen LogP contribution in [0.25, 0.3) is 16.7 Å². The van der Waals surface area contributed by atoms with Gasteiger partial charge in [-0.3, -0.25) is 4.79 Å². The van der Waals surface area contributed by atoms with Gasteiger partial charge in [0.1, 0.15) is 17.5 Å². The molecular weight excluding hydrogens is 491 g/mol. The molecule has 1 saturated heterocycles. The SMILES string of the molecule is CC(C)CCc1nc(N2CCN(C(=O)Cc3ccc(F)cc3)CC2)c2cnn(-c3cccc(Cl)c3)c2n1. The van der Waals surface area contributed by atoms with Crippen molar-refractivity contribution in [2.45, 2.75) is 33.1 Å². The maximum absolute atomic E-state index is 13.2. The standard InChI is InChI=1S/C28H30ClFN6O/c1-19(2)6-11-25-32-27(24-18-31-36(28(24)33-25)23-5-3-4-21(29)17-23)35-14-12-34(13-15-35)26(37)16-20-7-9-22(30)10-8-20/h3-5,7-10,17-19H,6,11-16H2,1-2H3. The molecule has 0 N–H and O–H groups in total. The Morgan fingerprint density at radius 3 is 2.51 bits per heavy atom. The van der Waals surface area contributed by atoms with Gasteiger partial charge in [0, 0.05) is 37.6 Å². The first kappa shape index (κ1) is 25.1. The first-order chi connectivity index (χ1) is 17.9. The zero-order valence-electron chi connectivity index (χ0n) is 21.1. The number of aryl methyl sites for hydroxylation is 1. The lowest BCUT2D eigenvalue weighted by molar-refractivity contribution is -0.130. The van der Waals surface area contributed by atoms with Crippen LogP contribution in [-0.2, 0) is 17.6 Å². The smallest absolute Gasteiger partial charge is 0.227 e. The van der Waals surface area contributed by atoms with Crippen molar-refractivity contribution in [1.29, 1.82) is 0 Å². The number of halogens is 2. The molecule has 2 aromatic carbocycles. The summed E-state index contributed by atoms with van der Waals surface area (Å²) in [5, 5.41) is 6.14. The van der Waals surface area contributed by atoms with Gasteiger partial charge >= 0.3 is 0 Å². The largest absolute Gasteiger partial charge is 0.352 e. The molecule has 0 aliphatic carbocycles. The van der Waals surface area contributed by atoms with E-state index < -0.39 is 0 Å². The minimum absolute atomic E-state index is 0.0468. The van der Waals surface area contributed by atoms with Crippen molar-refractivity contribution < 1.29 is 9.18 Å². The second kappa shape index (κ2) is 10.8. The number of hydrogen-bond acceptors (Lipinski definition) is 5. The van der Waals surface area contributed by atoms with Crippen LogP contribution in [0.1, 0.15) is 31.7 Å². The molecule has 0 spiro atoms. The van der Waals surface area contributed by atoms with Crippen LogP contribution in [-0.4, -0.2) is 56.7 Å². The normalized spacial score (nSPS) is 14.1. The van der Waals surface area contributed by atoms with E-state index in [2.05, 4.69) is 23.8 Å². The van der Waals surface area contributed by atoms with Gasteiger partial charge in [-0.25, -0.2) is 19.0 Å². The van der Waals surface area contributed by atoms with Crippen molar-refractivity contribution in [1.82, 2.24) is 24.6 Å². The number of fused-ring (bicyclic) bond motifs is 1. The highest BCUT2D eigenvalue weighted by atomic mass is 35.5. The lowest BCUT2D eigenvalue weighted by Gasteiger charge is -2.35. The van der Waals surface area contributed by atoms with Crippen LogP contribution in [0.3, 0.4) is 0 Å². The number of hydrogen-bond donors (Lipinski definition) is 0. The number of nitrogens with zero attached hydrogens (tertiary/aromatic N) is 6. The van der Waals surface area contributed by atoms with Gasteiger partial charge in [-0.1, -0.05) is 43.6 Å². The maximum Gasteiger partial charge on any atom is 0.227 e. The van der Waals surface area contributed by atoms with Crippen molar-refractivity contribution in [3.05, 3.63) is 77.0 Å². The summed E-state index contributed by atoms with van der Waals surface area (Å²) >= 11 is 6.25. The van der Waals surface area contributed by atoms with E-state index in [0.29, 0.717) is 37.1 Å². The maximum atomic E-state index is 13.2. The van der Waals surface area contributed by atoms with Crippen molar-refractivity contribution in [2.24, 2.45) is 5.92 Å². The number of carbonyl (C=O) groups excluding carboxylic acids is 1. The molecule has 4 aromatic rings. The highest BCUT2D eigenvalue weighted by Gasteiger charge is 2.25. The average molecular weight is 521 g/mol. The Bertz CT molecular complexity index is 1400. The third-order valence-corrected chi connectivity index (χ3v) is 6.89. The highest BCUT2D eigenvalue weighted by Crippen LogP contribution is 2.28. The summed E-state index contributed by atoms with van der Waals surface area (Å²) in [7, 11) is 0. The second-order valence-corrected chi connectivity index (χ2v) is 10.3. The van der Waals surface area contributed by atoms with Gasteiger partial charge in [-0.15, -0.1) is 0 Å². The monoisotopic (exact) mass is 520 g/mol. The number of rotatable bonds is 7. The van der Waals surface area contributed by atoms with Crippen LogP contribution in [0.2, 0.25) is 5.02 Å². The molecule has 0 atom stereocenters. The highest BCUT2D eigenvalue weighted by molar-refractivity contribution is 6.30. The Morgan fingerprint density at radius 2 is 1.81 bits per heavy atom. The van der Waals surface area contributed by atoms with E-state index in [0.717, 1.165) is 46.8 Å². The van der Waals surface area contributed by atoms with Crippen molar-refractivity contribution in [2.75, 3.05) is 31.1 Å². The van der Waals surface area contributed by atoms with Gasteiger partial charge in [0.05, 0.1) is 23.7 Å². The average Bonchev–Trinajstić information content (AvgIpc) is 3.32. The summed E-state index contributed by atoms with van der Waals surface area (Å²) in [6.45, 7) is 6.89. The lowest BCUT2D eigenvalue weighted by atomic mass is 10.1. The van der Waals surface area contributed by atoms with Gasteiger partial charge in [0.15, 0.2) is 5.65 Å². The molecular formula is C28H30ClFN6O. The number of aromatic nitrogens is 4. The minimum atomic E-state index is -0.299. The third kappa shape index (κ3) is 5.74. The fraction of sp³-hybridized carbons (Fsp3) is 0.357. The summed E-state index contributed by atoms with van der Waals surface area (Å²) in [6, 6.07) is 13.7. The van der Waals surface area contributed by atoms with E-state index >= 15 is 0 Å². The minimum Gasteiger partial charge on any atom is -0.352 e. The quantitative estimate of drug-likeness (QED) is 0.339. The topological polar surface area (TPSA) is 67.2 Å². The van der Waals surface area contributed by atoms with Crippen LogP contribution in [0.5, 0.6) is 0 Å². The van der Waals surface area contributed by atoms with E-state index in [9.17, 15) is 9.18 Å². The molecule has 1 aliphatic rings. The molecule has 3 heterocycles. The molecule has 7 nitrogen and oxygen atoms in total.